The van der Waals surface area contributed by atoms with Gasteiger partial charge >= 0.3 is 5.97 Å². The molecule has 2 N–H and O–H groups in total. The molecule has 1 atom stereocenters. The Morgan fingerprint density at radius 1 is 0.674 bits per heavy atom. The molecule has 0 saturated carbocycles. The Morgan fingerprint density at radius 3 is 1.67 bits per heavy atom. The van der Waals surface area contributed by atoms with Crippen molar-refractivity contribution in [1.82, 2.24) is 10.6 Å². The van der Waals surface area contributed by atoms with Gasteiger partial charge in [0.15, 0.2) is 0 Å². The van der Waals surface area contributed by atoms with Crippen LogP contribution in [0.5, 0.6) is 0 Å². The third-order valence-corrected chi connectivity index (χ3v) is 9.43. The molecule has 0 heterocycles. The van der Waals surface area contributed by atoms with E-state index in [1.807, 2.05) is 0 Å². The second-order valence-corrected chi connectivity index (χ2v) is 15.2. The summed E-state index contributed by atoms with van der Waals surface area (Å²) in [5, 5.41) is 5.81. The summed E-state index contributed by atoms with van der Waals surface area (Å²) in [6.07, 6.45) is 22.9. The van der Waals surface area contributed by atoms with Crippen LogP contribution in [0.4, 0.5) is 0 Å². The Kier molecular flexibility index (Phi) is 27.2. The second kappa shape index (κ2) is 28.3. The molecule has 0 radical (unpaired) electrons. The van der Waals surface area contributed by atoms with E-state index in [0.717, 1.165) is 81.7 Å². The first-order valence-corrected chi connectivity index (χ1v) is 19.9. The van der Waals surface area contributed by atoms with E-state index in [1.165, 1.54) is 52.1 Å². The van der Waals surface area contributed by atoms with Crippen molar-refractivity contribution >= 4 is 27.9 Å². The molecule has 0 unspecified atom stereocenters. The highest BCUT2D eigenvalue weighted by Gasteiger charge is 2.21. The average Bonchev–Trinajstić information content (AvgIpc) is 2.99. The van der Waals surface area contributed by atoms with Gasteiger partial charge < -0.3 is 24.4 Å². The van der Waals surface area contributed by atoms with Crippen LogP contribution in [0.15, 0.2) is 0 Å². The summed E-state index contributed by atoms with van der Waals surface area (Å²) in [4.78, 5) is 36.7. The minimum absolute atomic E-state index is 0.0892. The number of methoxy groups -OCH3 is 1. The fourth-order valence-corrected chi connectivity index (χ4v) is 6.19. The van der Waals surface area contributed by atoms with E-state index < -0.39 is 22.1 Å². The summed E-state index contributed by atoms with van der Waals surface area (Å²) >= 11 is 0. The maximum absolute atomic E-state index is 12.5. The monoisotopic (exact) mass is 675 g/mol. The maximum atomic E-state index is 12.5. The fourth-order valence-electron chi connectivity index (χ4n) is 5.71. The molecule has 0 aliphatic heterocycles. The number of nitrogens with one attached hydrogen (secondary N) is 2. The summed E-state index contributed by atoms with van der Waals surface area (Å²) in [6.45, 7) is 4.47. The molecule has 0 aromatic rings. The number of carbonyl (C=O) groups is 3. The molecular weight excluding hydrogens is 606 g/mol. The molecule has 0 fully saturated rings. The molecule has 0 bridgehead atoms. The smallest absolute Gasteiger partial charge is 0.328 e. The van der Waals surface area contributed by atoms with E-state index >= 15 is 0 Å². The zero-order valence-corrected chi connectivity index (χ0v) is 30.7. The number of nitrogens with zero attached hydrogens (tertiary/aromatic N) is 1. The first kappa shape index (κ1) is 44.3. The highest BCUT2D eigenvalue weighted by Crippen LogP contribution is 2.13. The highest BCUT2D eigenvalue weighted by molar-refractivity contribution is 7.85. The number of esters is 1. The molecule has 2 amide bonds. The summed E-state index contributed by atoms with van der Waals surface area (Å²) in [6, 6.07) is -0.654. The van der Waals surface area contributed by atoms with E-state index in [-0.39, 0.29) is 17.6 Å². The minimum Gasteiger partial charge on any atom is -0.748 e. The van der Waals surface area contributed by atoms with Crippen molar-refractivity contribution in [2.45, 2.75) is 161 Å². The topological polar surface area (TPSA) is 142 Å². The number of hydrogen-bond donors (Lipinski definition) is 2. The summed E-state index contributed by atoms with van der Waals surface area (Å²) in [5.41, 5.74) is 0. The van der Waals surface area contributed by atoms with Gasteiger partial charge in [-0.3, -0.25) is 9.59 Å². The van der Waals surface area contributed by atoms with Crippen molar-refractivity contribution in [3.63, 3.8) is 0 Å². The van der Waals surface area contributed by atoms with Gasteiger partial charge in [-0.1, -0.05) is 90.4 Å². The van der Waals surface area contributed by atoms with Gasteiger partial charge in [-0.15, -0.1) is 0 Å². The maximum Gasteiger partial charge on any atom is 0.328 e. The van der Waals surface area contributed by atoms with Crippen LogP contribution in [-0.2, 0) is 29.2 Å². The van der Waals surface area contributed by atoms with Crippen molar-refractivity contribution in [3.05, 3.63) is 0 Å². The van der Waals surface area contributed by atoms with Gasteiger partial charge in [0.2, 0.25) is 11.8 Å². The first-order chi connectivity index (χ1) is 21.9. The number of unbranched alkanes of at least 4 members (excludes halogenated alkanes) is 16. The van der Waals surface area contributed by atoms with E-state index in [4.69, 9.17) is 4.74 Å². The lowest BCUT2D eigenvalue weighted by molar-refractivity contribution is -0.890. The molecule has 46 heavy (non-hydrogen) atoms. The Balaban J connectivity index is 3.86. The molecule has 0 aromatic heterocycles. The third-order valence-electron chi connectivity index (χ3n) is 8.65. The molecule has 0 aliphatic carbocycles. The van der Waals surface area contributed by atoms with Crippen LogP contribution in [0, 0.1) is 0 Å². The molecule has 0 rings (SSSR count). The number of hydrogen-bond acceptors (Lipinski definition) is 7. The molecule has 0 aliphatic rings. The van der Waals surface area contributed by atoms with Crippen LogP contribution < -0.4 is 10.6 Å². The van der Waals surface area contributed by atoms with Crippen molar-refractivity contribution in [1.29, 1.82) is 0 Å². The summed E-state index contributed by atoms with van der Waals surface area (Å²) in [7, 11) is 1.35. The first-order valence-electron chi connectivity index (χ1n) is 18.3. The molecular formula is C35H69N3O7S. The van der Waals surface area contributed by atoms with Crippen molar-refractivity contribution < 1.29 is 36.6 Å². The van der Waals surface area contributed by atoms with Crippen LogP contribution in [-0.4, -0.2) is 87.9 Å². The Morgan fingerprint density at radius 2 is 1.15 bits per heavy atom. The number of quaternary nitrogens is 1. The lowest BCUT2D eigenvalue weighted by Gasteiger charge is -2.30. The number of amides is 2. The lowest BCUT2D eigenvalue weighted by Crippen LogP contribution is -2.41. The Hall–Kier alpha value is -1.72. The van der Waals surface area contributed by atoms with Crippen LogP contribution in [0.2, 0.25) is 0 Å². The number of carbonyl (C=O) groups excluding carboxylic acids is 3. The molecule has 0 aromatic carbocycles. The van der Waals surface area contributed by atoms with Crippen molar-refractivity contribution in [3.8, 4) is 0 Å². The number of ether oxygens (including phenoxy) is 1. The second-order valence-electron chi connectivity index (χ2n) is 13.6. The predicted molar refractivity (Wildman–Crippen MR) is 185 cm³/mol. The average molecular weight is 676 g/mol. The van der Waals surface area contributed by atoms with E-state index in [9.17, 15) is 27.4 Å². The third kappa shape index (κ3) is 29.7. The van der Waals surface area contributed by atoms with Crippen LogP contribution in [0.1, 0.15) is 155 Å². The largest absolute Gasteiger partial charge is 0.748 e. The van der Waals surface area contributed by atoms with E-state index in [2.05, 4.69) is 31.7 Å². The van der Waals surface area contributed by atoms with Crippen LogP contribution in [0.25, 0.3) is 0 Å². The standard InChI is InChI=1S/C35H69N3O7S/c1-5-6-7-8-9-10-13-16-19-26-33(39)36-28-22-21-25-32(35(41)45-4)37-34(40)27-20-17-14-11-12-15-18-23-29-38(2,3)30-24-31-46(42,43)44/h32H,5-31H2,1-4H3,(H2-,36,37,39,40,42,43,44)/t32-/m0/s1. The van der Waals surface area contributed by atoms with Crippen LogP contribution in [0.3, 0.4) is 0 Å². The van der Waals surface area contributed by atoms with Crippen molar-refractivity contribution in [2.24, 2.45) is 0 Å². The van der Waals surface area contributed by atoms with Gasteiger partial charge in [-0.2, -0.15) is 0 Å². The van der Waals surface area contributed by atoms with Gasteiger partial charge in [-0.25, -0.2) is 13.2 Å². The summed E-state index contributed by atoms with van der Waals surface area (Å²) < 4.78 is 37.9. The molecule has 0 saturated heterocycles. The van der Waals surface area contributed by atoms with Gasteiger partial charge in [0.05, 0.1) is 44.4 Å². The zero-order valence-electron chi connectivity index (χ0n) is 29.9. The number of rotatable bonds is 32. The molecule has 11 heteroatoms. The van der Waals surface area contributed by atoms with Gasteiger partial charge in [0.1, 0.15) is 6.04 Å². The van der Waals surface area contributed by atoms with Crippen LogP contribution >= 0.6 is 0 Å². The molecule has 10 nitrogen and oxygen atoms in total. The normalized spacial score (nSPS) is 12.5. The SMILES string of the molecule is CCCCCCCCCCCC(=O)NCCCC[C@H](NC(=O)CCCCCCCCCC[N+](C)(C)CCCS(=O)(=O)[O-])C(=O)OC. The van der Waals surface area contributed by atoms with Gasteiger partial charge in [0.25, 0.3) is 0 Å². The Bertz CT molecular complexity index is 897. The fraction of sp³-hybridized carbons (Fsp3) is 0.914. The van der Waals surface area contributed by atoms with Gasteiger partial charge in [-0.05, 0) is 44.9 Å². The predicted octanol–water partition coefficient (Wildman–Crippen LogP) is 6.37. The molecule has 0 spiro atoms. The van der Waals surface area contributed by atoms with E-state index in [1.54, 1.807) is 0 Å². The van der Waals surface area contributed by atoms with Gasteiger partial charge in [0, 0.05) is 31.6 Å². The summed E-state index contributed by atoms with van der Waals surface area (Å²) in [5.74, 6) is -0.756. The lowest BCUT2D eigenvalue weighted by atomic mass is 10.1. The zero-order chi connectivity index (χ0) is 34.5. The van der Waals surface area contributed by atoms with E-state index in [0.29, 0.717) is 45.2 Å². The minimum atomic E-state index is -4.13. The highest BCUT2D eigenvalue weighted by atomic mass is 32.2. The molecule has 272 valence electrons. The van der Waals surface area contributed by atoms with Crippen molar-refractivity contribution in [2.75, 3.05) is 46.6 Å². The Labute approximate surface area is 281 Å². The quantitative estimate of drug-likeness (QED) is 0.0365.